The maximum absolute atomic E-state index is 11.4. The third kappa shape index (κ3) is 4.57. The predicted molar refractivity (Wildman–Crippen MR) is 63.7 cm³/mol. The van der Waals surface area contributed by atoms with E-state index in [1.807, 2.05) is 0 Å². The molecule has 1 atom stereocenters. The highest BCUT2D eigenvalue weighted by atomic mass is 16.4. The van der Waals surface area contributed by atoms with Gasteiger partial charge in [-0.05, 0) is 0 Å². The van der Waals surface area contributed by atoms with Crippen LogP contribution in [0.15, 0.2) is 12.5 Å². The molecule has 1 aromatic rings. The number of hydrogen-bond acceptors (Lipinski definition) is 3. The Hall–Kier alpha value is -2.49. The molecule has 7 nitrogen and oxygen atoms in total. The van der Waals surface area contributed by atoms with E-state index in [2.05, 4.69) is 26.5 Å². The first-order valence-corrected chi connectivity index (χ1v) is 5.31. The van der Waals surface area contributed by atoms with Crippen LogP contribution in [-0.4, -0.2) is 39.7 Å². The highest BCUT2D eigenvalue weighted by Crippen LogP contribution is 1.98. The number of carboxylic acid groups (broad SMARTS) is 1. The molecular formula is C11H14N4O3. The first-order chi connectivity index (χ1) is 8.63. The van der Waals surface area contributed by atoms with Gasteiger partial charge in [0.2, 0.25) is 0 Å². The number of amides is 2. The van der Waals surface area contributed by atoms with Crippen molar-refractivity contribution in [2.24, 2.45) is 0 Å². The molecule has 0 saturated heterocycles. The van der Waals surface area contributed by atoms with Gasteiger partial charge in [-0.1, -0.05) is 0 Å². The minimum atomic E-state index is -1.11. The molecule has 0 aliphatic carbocycles. The van der Waals surface area contributed by atoms with Crippen LogP contribution >= 0.6 is 0 Å². The minimum absolute atomic E-state index is 0.137. The number of imidazole rings is 1. The number of carboxylic acids is 1. The summed E-state index contributed by atoms with van der Waals surface area (Å²) in [4.78, 5) is 28.9. The van der Waals surface area contributed by atoms with E-state index in [-0.39, 0.29) is 6.42 Å². The SMILES string of the molecule is C#CCCNC(=O)N[C@@H](Cc1cnc[nH]1)C(=O)O. The van der Waals surface area contributed by atoms with Gasteiger partial charge in [0.15, 0.2) is 0 Å². The Kier molecular flexibility index (Phi) is 5.25. The zero-order chi connectivity index (χ0) is 13.4. The Bertz CT molecular complexity index is 436. The highest BCUT2D eigenvalue weighted by molar-refractivity contribution is 5.82. The summed E-state index contributed by atoms with van der Waals surface area (Å²) in [5.41, 5.74) is 0.631. The molecule has 2 amide bonds. The maximum atomic E-state index is 11.4. The number of terminal acetylenes is 1. The fraction of sp³-hybridized carbons (Fsp3) is 0.364. The van der Waals surface area contributed by atoms with Crippen LogP contribution in [0.1, 0.15) is 12.1 Å². The van der Waals surface area contributed by atoms with Gasteiger partial charge in [0.05, 0.1) is 6.33 Å². The molecule has 0 radical (unpaired) electrons. The van der Waals surface area contributed by atoms with Gasteiger partial charge in [-0.3, -0.25) is 0 Å². The van der Waals surface area contributed by atoms with Gasteiger partial charge in [-0.2, -0.15) is 0 Å². The van der Waals surface area contributed by atoms with Crippen molar-refractivity contribution in [1.29, 1.82) is 0 Å². The minimum Gasteiger partial charge on any atom is -0.480 e. The lowest BCUT2D eigenvalue weighted by atomic mass is 10.2. The number of urea groups is 1. The number of nitrogens with one attached hydrogen (secondary N) is 3. The molecule has 0 aliphatic heterocycles. The van der Waals surface area contributed by atoms with Crippen molar-refractivity contribution >= 4 is 12.0 Å². The van der Waals surface area contributed by atoms with Gasteiger partial charge in [-0.25, -0.2) is 14.6 Å². The molecule has 96 valence electrons. The lowest BCUT2D eigenvalue weighted by Crippen LogP contribution is -2.47. The predicted octanol–water partition coefficient (Wildman–Crippen LogP) is -0.272. The van der Waals surface area contributed by atoms with Crippen LogP contribution in [0.5, 0.6) is 0 Å². The largest absolute Gasteiger partial charge is 0.480 e. The van der Waals surface area contributed by atoms with Crippen molar-refractivity contribution in [3.8, 4) is 12.3 Å². The molecule has 0 aliphatic rings. The molecule has 0 saturated carbocycles. The van der Waals surface area contributed by atoms with E-state index in [1.165, 1.54) is 12.5 Å². The standard InChI is InChI=1S/C11H14N4O3/c1-2-3-4-13-11(18)15-9(10(16)17)5-8-6-12-7-14-8/h1,6-7,9H,3-5H2,(H,12,14)(H,16,17)(H2,13,15,18)/t9-/m0/s1. The lowest BCUT2D eigenvalue weighted by molar-refractivity contribution is -0.139. The molecule has 0 aromatic carbocycles. The van der Waals surface area contributed by atoms with Crippen molar-refractivity contribution in [3.05, 3.63) is 18.2 Å². The highest BCUT2D eigenvalue weighted by Gasteiger charge is 2.20. The molecule has 18 heavy (non-hydrogen) atoms. The topological polar surface area (TPSA) is 107 Å². The van der Waals surface area contributed by atoms with Crippen LogP contribution in [0.25, 0.3) is 0 Å². The van der Waals surface area contributed by atoms with E-state index in [0.29, 0.717) is 18.7 Å². The molecular weight excluding hydrogens is 236 g/mol. The van der Waals surface area contributed by atoms with E-state index in [0.717, 1.165) is 0 Å². The summed E-state index contributed by atoms with van der Waals surface area (Å²) in [6.07, 6.45) is 8.51. The molecule has 0 bridgehead atoms. The summed E-state index contributed by atoms with van der Waals surface area (Å²) in [6, 6.07) is -1.58. The van der Waals surface area contributed by atoms with Gasteiger partial charge >= 0.3 is 12.0 Å². The second kappa shape index (κ2) is 6.96. The second-order valence-electron chi connectivity index (χ2n) is 3.53. The third-order valence-corrected chi connectivity index (χ3v) is 2.14. The van der Waals surface area contributed by atoms with E-state index in [4.69, 9.17) is 11.5 Å². The number of aromatic nitrogens is 2. The monoisotopic (exact) mass is 250 g/mol. The number of rotatable bonds is 6. The number of carbonyl (C=O) groups is 2. The number of aliphatic carboxylic acids is 1. The molecule has 0 spiro atoms. The van der Waals surface area contributed by atoms with Crippen molar-refractivity contribution in [2.45, 2.75) is 18.9 Å². The van der Waals surface area contributed by atoms with Crippen molar-refractivity contribution < 1.29 is 14.7 Å². The van der Waals surface area contributed by atoms with Gasteiger partial charge in [-0.15, -0.1) is 12.3 Å². The summed E-state index contributed by atoms with van der Waals surface area (Å²) < 4.78 is 0. The Morgan fingerprint density at radius 2 is 2.39 bits per heavy atom. The fourth-order valence-electron chi connectivity index (χ4n) is 1.27. The third-order valence-electron chi connectivity index (χ3n) is 2.14. The van der Waals surface area contributed by atoms with Gasteiger partial charge in [0, 0.05) is 31.3 Å². The summed E-state index contributed by atoms with van der Waals surface area (Å²) in [5, 5.41) is 13.8. The Morgan fingerprint density at radius 1 is 1.61 bits per heavy atom. The molecule has 1 heterocycles. The van der Waals surface area contributed by atoms with Crippen molar-refractivity contribution in [2.75, 3.05) is 6.54 Å². The number of H-pyrrole nitrogens is 1. The van der Waals surface area contributed by atoms with Gasteiger partial charge in [0.1, 0.15) is 6.04 Å². The van der Waals surface area contributed by atoms with Gasteiger partial charge < -0.3 is 20.7 Å². The first-order valence-electron chi connectivity index (χ1n) is 5.31. The lowest BCUT2D eigenvalue weighted by Gasteiger charge is -2.13. The average molecular weight is 250 g/mol. The quantitative estimate of drug-likeness (QED) is 0.411. The van der Waals surface area contributed by atoms with Crippen LogP contribution in [-0.2, 0) is 11.2 Å². The van der Waals surface area contributed by atoms with Crippen LogP contribution < -0.4 is 10.6 Å². The number of aromatic amines is 1. The van der Waals surface area contributed by atoms with Crippen molar-refractivity contribution in [1.82, 2.24) is 20.6 Å². The molecule has 0 fully saturated rings. The Labute approximate surface area is 104 Å². The van der Waals surface area contributed by atoms with E-state index >= 15 is 0 Å². The maximum Gasteiger partial charge on any atom is 0.326 e. The van der Waals surface area contributed by atoms with Gasteiger partial charge in [0.25, 0.3) is 0 Å². The second-order valence-corrected chi connectivity index (χ2v) is 3.53. The number of carbonyl (C=O) groups excluding carboxylic acids is 1. The van der Waals surface area contributed by atoms with Crippen LogP contribution in [0.2, 0.25) is 0 Å². The fourth-order valence-corrected chi connectivity index (χ4v) is 1.27. The zero-order valence-electron chi connectivity index (χ0n) is 9.64. The molecule has 0 unspecified atom stereocenters. The van der Waals surface area contributed by atoms with Crippen LogP contribution in [0.4, 0.5) is 4.79 Å². The summed E-state index contributed by atoms with van der Waals surface area (Å²) in [7, 11) is 0. The summed E-state index contributed by atoms with van der Waals surface area (Å²) in [5.74, 6) is 1.25. The molecule has 1 aromatic heterocycles. The molecule has 1 rings (SSSR count). The summed E-state index contributed by atoms with van der Waals surface area (Å²) in [6.45, 7) is 0.304. The smallest absolute Gasteiger partial charge is 0.326 e. The molecule has 4 N–H and O–H groups in total. The normalized spacial score (nSPS) is 11.3. The average Bonchev–Trinajstić information content (AvgIpc) is 2.81. The van der Waals surface area contributed by atoms with E-state index < -0.39 is 18.0 Å². The number of nitrogens with zero attached hydrogens (tertiary/aromatic N) is 1. The van der Waals surface area contributed by atoms with Crippen molar-refractivity contribution in [3.63, 3.8) is 0 Å². The van der Waals surface area contributed by atoms with E-state index in [9.17, 15) is 9.59 Å². The first kappa shape index (κ1) is 13.6. The Balaban J connectivity index is 2.45. The van der Waals surface area contributed by atoms with Crippen LogP contribution in [0.3, 0.4) is 0 Å². The van der Waals surface area contributed by atoms with Crippen LogP contribution in [0, 0.1) is 12.3 Å². The molecule has 7 heteroatoms. The summed E-state index contributed by atoms with van der Waals surface area (Å²) >= 11 is 0. The zero-order valence-corrected chi connectivity index (χ0v) is 9.64. The van der Waals surface area contributed by atoms with E-state index in [1.54, 1.807) is 0 Å². The Morgan fingerprint density at radius 3 is 2.94 bits per heavy atom. The number of hydrogen-bond donors (Lipinski definition) is 4.